The zero-order chi connectivity index (χ0) is 55.3. The molecule has 0 aromatic heterocycles. The van der Waals surface area contributed by atoms with E-state index in [0.29, 0.717) is 50.8 Å². The van der Waals surface area contributed by atoms with Crippen molar-refractivity contribution < 1.29 is 61.0 Å². The SMILES string of the molecule is Cc1cc(N=Nc2cc(C)c(N=Nc3ccc4cc(NCOc5ccccc5)ccc4c3O)cc2C)ccc1N=Nc1ccc(N=Nc2cc3c(S(=O)(=O)O)cccc3cc2S(=O)(=O)O)c(C)c1.O=S(=O)=O.O=S(=O)=O. The molecule has 27 heteroatoms. The zero-order valence-electron chi connectivity index (χ0n) is 40.0. The molecular weight excluding hydrogens is 1070 g/mol. The van der Waals surface area contributed by atoms with E-state index >= 15 is 0 Å². The number of anilines is 1. The molecule has 0 aliphatic heterocycles. The van der Waals surface area contributed by atoms with Gasteiger partial charge in [0.25, 0.3) is 20.2 Å². The first-order chi connectivity index (χ1) is 36.0. The molecule has 76 heavy (non-hydrogen) atoms. The van der Waals surface area contributed by atoms with Crippen molar-refractivity contribution in [2.24, 2.45) is 40.9 Å². The molecule has 390 valence electrons. The molecule has 0 bridgehead atoms. The quantitative estimate of drug-likeness (QED) is 0.0446. The lowest BCUT2D eigenvalue weighted by atomic mass is 10.1. The van der Waals surface area contributed by atoms with Crippen LogP contribution >= 0.6 is 0 Å². The van der Waals surface area contributed by atoms with Gasteiger partial charge in [-0.2, -0.15) is 47.5 Å². The van der Waals surface area contributed by atoms with Gasteiger partial charge in [-0.25, -0.2) is 0 Å². The minimum Gasteiger partial charge on any atom is -0.505 e. The summed E-state index contributed by atoms with van der Waals surface area (Å²) >= 11 is 0. The maximum absolute atomic E-state index is 12.2. The maximum atomic E-state index is 12.2. The van der Waals surface area contributed by atoms with Gasteiger partial charge in [0.2, 0.25) is 0 Å². The molecule has 4 N–H and O–H groups in total. The predicted octanol–water partition coefficient (Wildman–Crippen LogP) is 12.5. The van der Waals surface area contributed by atoms with Crippen LogP contribution in [0.2, 0.25) is 0 Å². The Morgan fingerprint density at radius 2 is 0.921 bits per heavy atom. The fourth-order valence-corrected chi connectivity index (χ4v) is 8.40. The summed E-state index contributed by atoms with van der Waals surface area (Å²) in [6.45, 7) is 7.69. The fourth-order valence-electron chi connectivity index (χ4n) is 7.05. The molecule has 0 amide bonds. The van der Waals surface area contributed by atoms with Crippen molar-refractivity contribution in [3.05, 3.63) is 162 Å². The van der Waals surface area contributed by atoms with E-state index in [0.717, 1.165) is 51.7 Å². The van der Waals surface area contributed by atoms with Gasteiger partial charge < -0.3 is 15.2 Å². The summed E-state index contributed by atoms with van der Waals surface area (Å²) in [6.07, 6.45) is 0. The minimum atomic E-state index is -4.80. The molecular formula is C49H41N9O14S4. The van der Waals surface area contributed by atoms with Crippen molar-refractivity contribution >= 4 is 114 Å². The third-order valence-corrected chi connectivity index (χ3v) is 12.5. The molecule has 0 radical (unpaired) electrons. The number of aromatic hydroxyl groups is 1. The molecule has 0 fully saturated rings. The van der Waals surface area contributed by atoms with Crippen molar-refractivity contribution in [2.45, 2.75) is 37.5 Å². The summed E-state index contributed by atoms with van der Waals surface area (Å²) in [7, 11) is -15.7. The maximum Gasteiger partial charge on any atom is 0.425 e. The van der Waals surface area contributed by atoms with Gasteiger partial charge in [-0.05, 0) is 164 Å². The molecule has 0 aliphatic rings. The van der Waals surface area contributed by atoms with E-state index in [1.165, 1.54) is 12.1 Å². The molecule has 0 spiro atoms. The molecule has 0 atom stereocenters. The highest BCUT2D eigenvalue weighted by atomic mass is 32.2. The first kappa shape index (κ1) is 56.4. The molecule has 0 unspecified atom stereocenters. The summed E-state index contributed by atoms with van der Waals surface area (Å²) in [4.78, 5) is -1.05. The van der Waals surface area contributed by atoms with Crippen LogP contribution in [0.3, 0.4) is 0 Å². The van der Waals surface area contributed by atoms with E-state index in [-0.39, 0.29) is 28.9 Å². The van der Waals surface area contributed by atoms with Gasteiger partial charge >= 0.3 is 21.2 Å². The van der Waals surface area contributed by atoms with Gasteiger partial charge in [0.05, 0.1) is 34.1 Å². The number of benzene rings is 8. The second-order valence-corrected chi connectivity index (χ2v) is 19.6. The van der Waals surface area contributed by atoms with Crippen LogP contribution in [-0.4, -0.2) is 63.0 Å². The predicted molar refractivity (Wildman–Crippen MR) is 279 cm³/mol. The highest BCUT2D eigenvalue weighted by molar-refractivity contribution is 7.86. The van der Waals surface area contributed by atoms with Crippen LogP contribution in [0.25, 0.3) is 21.5 Å². The van der Waals surface area contributed by atoms with Crippen molar-refractivity contribution in [1.82, 2.24) is 0 Å². The summed E-state index contributed by atoms with van der Waals surface area (Å²) < 4.78 is 124. The third kappa shape index (κ3) is 15.6. The molecule has 8 rings (SSSR count). The van der Waals surface area contributed by atoms with Crippen LogP contribution in [0, 0.1) is 27.7 Å². The van der Waals surface area contributed by atoms with E-state index in [1.807, 2.05) is 93.6 Å². The first-order valence-electron chi connectivity index (χ1n) is 21.7. The van der Waals surface area contributed by atoms with Crippen molar-refractivity contribution in [3.8, 4) is 11.5 Å². The zero-order valence-corrected chi connectivity index (χ0v) is 43.3. The number of rotatable bonds is 14. The molecule has 8 aromatic rings. The number of hydrogen-bond donors (Lipinski definition) is 4. The van der Waals surface area contributed by atoms with Crippen LogP contribution in [0.1, 0.15) is 22.3 Å². The lowest BCUT2D eigenvalue weighted by Gasteiger charge is -2.10. The van der Waals surface area contributed by atoms with Crippen LogP contribution in [0.5, 0.6) is 11.5 Å². The summed E-state index contributed by atoms with van der Waals surface area (Å²) in [6, 6.07) is 38.8. The molecule has 0 aliphatic carbocycles. The molecule has 0 saturated heterocycles. The van der Waals surface area contributed by atoms with E-state index in [1.54, 1.807) is 43.3 Å². The smallest absolute Gasteiger partial charge is 0.425 e. The Labute approximate surface area is 436 Å². The highest BCUT2D eigenvalue weighted by Crippen LogP contribution is 2.39. The van der Waals surface area contributed by atoms with Crippen molar-refractivity contribution in [1.29, 1.82) is 0 Å². The number of hydrogen-bond acceptors (Lipinski definition) is 21. The number of nitrogens with one attached hydrogen (secondary N) is 1. The van der Waals surface area contributed by atoms with E-state index in [2.05, 4.69) is 46.2 Å². The number of azo groups is 4. The molecule has 0 heterocycles. The summed E-state index contributed by atoms with van der Waals surface area (Å²) in [5, 5.41) is 50.6. The molecule has 0 saturated carbocycles. The minimum absolute atomic E-state index is 0.0111. The number of ether oxygens (including phenoxy) is 1. The third-order valence-electron chi connectivity index (χ3n) is 10.7. The second kappa shape index (κ2) is 24.9. The largest absolute Gasteiger partial charge is 0.505 e. The van der Waals surface area contributed by atoms with E-state index in [9.17, 15) is 31.0 Å². The van der Waals surface area contributed by atoms with Crippen LogP contribution in [-0.2, 0) is 41.5 Å². The highest BCUT2D eigenvalue weighted by Gasteiger charge is 2.21. The lowest BCUT2D eigenvalue weighted by molar-refractivity contribution is 0.347. The summed E-state index contributed by atoms with van der Waals surface area (Å²) in [5.41, 5.74) is 7.15. The molecule has 23 nitrogen and oxygen atoms in total. The summed E-state index contributed by atoms with van der Waals surface area (Å²) in [5.74, 6) is 0.787. The topological polar surface area (TPSA) is 352 Å². The van der Waals surface area contributed by atoms with Crippen molar-refractivity contribution in [3.63, 3.8) is 0 Å². The number of phenols is 1. The number of phenolic OH excluding ortho intramolecular Hbond substituents is 1. The number of para-hydroxylation sites is 1. The van der Waals surface area contributed by atoms with Crippen molar-refractivity contribution in [2.75, 3.05) is 12.0 Å². The van der Waals surface area contributed by atoms with Gasteiger partial charge in [-0.1, -0.05) is 36.4 Å². The van der Waals surface area contributed by atoms with Crippen LogP contribution in [0.4, 0.5) is 51.2 Å². The Kier molecular flexibility index (Phi) is 18.5. The standard InChI is InChI=1S/C49H41N9O8S2.2O3S/c1-29-21-37(15-19-41(29)53-51-36-16-20-42(30(2)22-36)54-58-46-27-40-33(26-48(46)68(63,64)65)9-8-12-47(40)67(60,61)62)52-56-44-23-32(4)45(24-31(44)3)57-55-43-18-13-34-25-35(14-17-39(34)49(43)59)50-28-66-38-10-6-5-7-11-38;2*1-4(2)3/h5-27,50,59H,28H2,1-4H3,(H,60,61,62)(H,63,64,65);;. The Morgan fingerprint density at radius 3 is 1.47 bits per heavy atom. The normalized spacial score (nSPS) is 11.7. The Bertz CT molecular complexity index is 4090. The van der Waals surface area contributed by atoms with Crippen LogP contribution < -0.4 is 10.1 Å². The first-order valence-corrected chi connectivity index (χ1v) is 26.6. The van der Waals surface area contributed by atoms with Gasteiger partial charge in [-0.15, -0.1) is 35.5 Å². The molecule has 8 aromatic carbocycles. The Balaban J connectivity index is 0.00000109. The second-order valence-electron chi connectivity index (χ2n) is 16.0. The van der Waals surface area contributed by atoms with E-state index < -0.39 is 51.2 Å². The van der Waals surface area contributed by atoms with Gasteiger partial charge in [-0.3, -0.25) is 9.11 Å². The fraction of sp³-hybridized carbons (Fsp3) is 0.102. The van der Waals surface area contributed by atoms with Gasteiger partial charge in [0, 0.05) is 16.5 Å². The lowest BCUT2D eigenvalue weighted by Crippen LogP contribution is -2.08. The monoisotopic (exact) mass is 1110 g/mol. The number of nitrogens with zero attached hydrogens (tertiary/aromatic N) is 8. The van der Waals surface area contributed by atoms with Gasteiger partial charge in [0.1, 0.15) is 26.9 Å². The van der Waals surface area contributed by atoms with Crippen LogP contribution in [0.15, 0.2) is 190 Å². The average Bonchev–Trinajstić information content (AvgIpc) is 3.35. The Morgan fingerprint density at radius 1 is 0.447 bits per heavy atom. The van der Waals surface area contributed by atoms with Gasteiger partial charge in [0.15, 0.2) is 12.5 Å². The van der Waals surface area contributed by atoms with E-state index in [4.69, 9.17) is 30.0 Å². The Hall–Kier alpha value is -8.86. The average molecular weight is 1110 g/mol. The number of aryl methyl sites for hydroxylation is 4. The number of fused-ring (bicyclic) bond motifs is 2.